The number of nitrogens with one attached hydrogen (secondary N) is 2. The number of benzene rings is 1. The Kier molecular flexibility index (Phi) is 6.79. The highest BCUT2D eigenvalue weighted by atomic mass is 19.1. The number of rotatable bonds is 8. The fraction of sp³-hybridized carbons (Fsp3) is 0.500. The van der Waals surface area contributed by atoms with Gasteiger partial charge in [0.25, 0.3) is 0 Å². The van der Waals surface area contributed by atoms with Crippen molar-refractivity contribution < 1.29 is 18.7 Å². The van der Waals surface area contributed by atoms with Crippen molar-refractivity contribution in [3.05, 3.63) is 24.0 Å². The van der Waals surface area contributed by atoms with Crippen LogP contribution in [0.1, 0.15) is 13.8 Å². The summed E-state index contributed by atoms with van der Waals surface area (Å²) in [6.45, 7) is 4.80. The number of hydrogen-bond donors (Lipinski definition) is 2. The van der Waals surface area contributed by atoms with Gasteiger partial charge >= 0.3 is 0 Å². The van der Waals surface area contributed by atoms with Crippen LogP contribution in [-0.4, -0.2) is 38.8 Å². The molecule has 0 radical (unpaired) electrons. The van der Waals surface area contributed by atoms with Gasteiger partial charge in [0, 0.05) is 25.4 Å². The standard InChI is InChI=1S/C14H21FN2O3/c1-4-20-13-6-5-11(9-12(13)15)17-10(2)14(18)16-7-8-19-3/h5-6,9-10,17H,4,7-8H2,1-3H3,(H,16,18). The molecule has 0 spiro atoms. The van der Waals surface area contributed by atoms with Crippen molar-refractivity contribution >= 4 is 11.6 Å². The second-order valence-corrected chi connectivity index (χ2v) is 4.23. The van der Waals surface area contributed by atoms with Crippen LogP contribution in [-0.2, 0) is 9.53 Å². The van der Waals surface area contributed by atoms with Crippen molar-refractivity contribution in [3.63, 3.8) is 0 Å². The SMILES string of the molecule is CCOc1ccc(NC(C)C(=O)NCCOC)cc1F. The predicted octanol–water partition coefficient (Wildman–Crippen LogP) is 1.79. The Morgan fingerprint density at radius 2 is 2.20 bits per heavy atom. The van der Waals surface area contributed by atoms with E-state index in [2.05, 4.69) is 10.6 Å². The average molecular weight is 284 g/mol. The lowest BCUT2D eigenvalue weighted by atomic mass is 10.2. The van der Waals surface area contributed by atoms with Gasteiger partial charge in [-0.25, -0.2) is 4.39 Å². The Balaban J connectivity index is 2.55. The van der Waals surface area contributed by atoms with Crippen LogP contribution in [0, 0.1) is 5.82 Å². The highest BCUT2D eigenvalue weighted by Gasteiger charge is 2.13. The van der Waals surface area contributed by atoms with E-state index in [0.29, 0.717) is 25.4 Å². The third kappa shape index (κ3) is 5.05. The molecule has 2 N–H and O–H groups in total. The van der Waals surface area contributed by atoms with Gasteiger partial charge in [-0.15, -0.1) is 0 Å². The molecule has 1 aromatic carbocycles. The second kappa shape index (κ2) is 8.37. The molecule has 0 fully saturated rings. The fourth-order valence-corrected chi connectivity index (χ4v) is 1.61. The van der Waals surface area contributed by atoms with E-state index in [0.717, 1.165) is 0 Å². The van der Waals surface area contributed by atoms with E-state index in [1.807, 2.05) is 0 Å². The molecule has 0 aliphatic rings. The van der Waals surface area contributed by atoms with Crippen molar-refractivity contribution in [2.24, 2.45) is 0 Å². The largest absolute Gasteiger partial charge is 0.491 e. The molecule has 0 heterocycles. The minimum Gasteiger partial charge on any atom is -0.491 e. The lowest BCUT2D eigenvalue weighted by molar-refractivity contribution is -0.121. The van der Waals surface area contributed by atoms with E-state index in [4.69, 9.17) is 9.47 Å². The number of hydrogen-bond acceptors (Lipinski definition) is 4. The van der Waals surface area contributed by atoms with Crippen LogP contribution in [0.25, 0.3) is 0 Å². The number of anilines is 1. The van der Waals surface area contributed by atoms with Crippen LogP contribution in [0.3, 0.4) is 0 Å². The number of amides is 1. The maximum absolute atomic E-state index is 13.7. The fourth-order valence-electron chi connectivity index (χ4n) is 1.61. The molecular weight excluding hydrogens is 263 g/mol. The Hall–Kier alpha value is -1.82. The molecule has 20 heavy (non-hydrogen) atoms. The quantitative estimate of drug-likeness (QED) is 0.715. The van der Waals surface area contributed by atoms with Crippen LogP contribution >= 0.6 is 0 Å². The third-order valence-electron chi connectivity index (χ3n) is 2.61. The molecule has 0 bridgehead atoms. The number of carbonyl (C=O) groups excluding carboxylic acids is 1. The molecule has 5 nitrogen and oxygen atoms in total. The second-order valence-electron chi connectivity index (χ2n) is 4.23. The molecule has 1 amide bonds. The van der Waals surface area contributed by atoms with Crippen LogP contribution in [0.15, 0.2) is 18.2 Å². The molecule has 0 saturated carbocycles. The summed E-state index contributed by atoms with van der Waals surface area (Å²) in [6.07, 6.45) is 0. The van der Waals surface area contributed by atoms with Crippen molar-refractivity contribution in [1.82, 2.24) is 5.32 Å². The molecule has 6 heteroatoms. The van der Waals surface area contributed by atoms with Gasteiger partial charge < -0.3 is 20.1 Å². The summed E-state index contributed by atoms with van der Waals surface area (Å²) in [5.74, 6) is -0.421. The number of carbonyl (C=O) groups is 1. The summed E-state index contributed by atoms with van der Waals surface area (Å²) in [4.78, 5) is 11.7. The van der Waals surface area contributed by atoms with Crippen LogP contribution < -0.4 is 15.4 Å². The molecule has 0 aliphatic carbocycles. The topological polar surface area (TPSA) is 59.6 Å². The molecule has 1 unspecified atom stereocenters. The van der Waals surface area contributed by atoms with E-state index in [1.165, 1.54) is 12.1 Å². The van der Waals surface area contributed by atoms with Crippen molar-refractivity contribution in [2.75, 3.05) is 32.2 Å². The summed E-state index contributed by atoms with van der Waals surface area (Å²) < 4.78 is 23.6. The molecule has 1 atom stereocenters. The van der Waals surface area contributed by atoms with Gasteiger partial charge in [-0.2, -0.15) is 0 Å². The number of methoxy groups -OCH3 is 1. The highest BCUT2D eigenvalue weighted by Crippen LogP contribution is 2.21. The molecule has 1 rings (SSSR count). The molecule has 0 saturated heterocycles. The smallest absolute Gasteiger partial charge is 0.242 e. The Bertz CT molecular complexity index is 440. The zero-order chi connectivity index (χ0) is 15.0. The van der Waals surface area contributed by atoms with Gasteiger partial charge in [0.15, 0.2) is 11.6 Å². The molecule has 0 aromatic heterocycles. The van der Waals surface area contributed by atoms with Crippen LogP contribution in [0.5, 0.6) is 5.75 Å². The number of halogens is 1. The first-order valence-corrected chi connectivity index (χ1v) is 6.54. The first-order chi connectivity index (χ1) is 9.58. The van der Waals surface area contributed by atoms with Gasteiger partial charge in [0.1, 0.15) is 6.04 Å². The lowest BCUT2D eigenvalue weighted by Crippen LogP contribution is -2.39. The van der Waals surface area contributed by atoms with Crippen LogP contribution in [0.4, 0.5) is 10.1 Å². The summed E-state index contributed by atoms with van der Waals surface area (Å²) in [5.41, 5.74) is 0.528. The zero-order valence-electron chi connectivity index (χ0n) is 12.0. The molecule has 112 valence electrons. The van der Waals surface area contributed by atoms with E-state index in [9.17, 15) is 9.18 Å². The summed E-state index contributed by atoms with van der Waals surface area (Å²) in [7, 11) is 1.57. The highest BCUT2D eigenvalue weighted by molar-refractivity contribution is 5.84. The Labute approximate surface area is 118 Å². The van der Waals surface area contributed by atoms with Gasteiger partial charge in [-0.05, 0) is 26.0 Å². The summed E-state index contributed by atoms with van der Waals surface area (Å²) >= 11 is 0. The van der Waals surface area contributed by atoms with Gasteiger partial charge in [0.05, 0.1) is 13.2 Å². The lowest BCUT2D eigenvalue weighted by Gasteiger charge is -2.15. The number of ether oxygens (including phenoxy) is 2. The molecular formula is C14H21FN2O3. The summed E-state index contributed by atoms with van der Waals surface area (Å²) in [5, 5.41) is 5.64. The maximum Gasteiger partial charge on any atom is 0.242 e. The van der Waals surface area contributed by atoms with Crippen molar-refractivity contribution in [3.8, 4) is 5.75 Å². The summed E-state index contributed by atoms with van der Waals surface area (Å²) in [6, 6.07) is 4.05. The van der Waals surface area contributed by atoms with E-state index in [1.54, 1.807) is 27.0 Å². The van der Waals surface area contributed by atoms with Crippen LogP contribution in [0.2, 0.25) is 0 Å². The normalized spacial score (nSPS) is 11.8. The average Bonchev–Trinajstić information content (AvgIpc) is 2.42. The zero-order valence-corrected chi connectivity index (χ0v) is 12.0. The van der Waals surface area contributed by atoms with Gasteiger partial charge in [-0.1, -0.05) is 0 Å². The minimum absolute atomic E-state index is 0.170. The van der Waals surface area contributed by atoms with Gasteiger partial charge in [0.2, 0.25) is 5.91 Å². The first-order valence-electron chi connectivity index (χ1n) is 6.54. The third-order valence-corrected chi connectivity index (χ3v) is 2.61. The predicted molar refractivity (Wildman–Crippen MR) is 75.5 cm³/mol. The molecule has 0 aliphatic heterocycles. The first kappa shape index (κ1) is 16.2. The van der Waals surface area contributed by atoms with Crippen molar-refractivity contribution in [1.29, 1.82) is 0 Å². The van der Waals surface area contributed by atoms with E-state index < -0.39 is 11.9 Å². The Morgan fingerprint density at radius 3 is 2.80 bits per heavy atom. The minimum atomic E-state index is -0.468. The van der Waals surface area contributed by atoms with Crippen molar-refractivity contribution in [2.45, 2.75) is 19.9 Å². The van der Waals surface area contributed by atoms with E-state index >= 15 is 0 Å². The maximum atomic E-state index is 13.7. The molecule has 1 aromatic rings. The van der Waals surface area contributed by atoms with E-state index in [-0.39, 0.29) is 11.7 Å². The van der Waals surface area contributed by atoms with Gasteiger partial charge in [-0.3, -0.25) is 4.79 Å². The Morgan fingerprint density at radius 1 is 1.45 bits per heavy atom. The monoisotopic (exact) mass is 284 g/mol.